The van der Waals surface area contributed by atoms with Crippen LogP contribution < -0.4 is 4.90 Å². The minimum absolute atomic E-state index is 0. The molecule has 0 bridgehead atoms. The van der Waals surface area contributed by atoms with Crippen LogP contribution in [0.15, 0.2) is 60.7 Å². The van der Waals surface area contributed by atoms with Crippen molar-refractivity contribution in [3.05, 3.63) is 60.7 Å². The van der Waals surface area contributed by atoms with E-state index in [1.165, 1.54) is 0 Å². The average Bonchev–Trinajstić information content (AvgIpc) is 2.31. The third kappa shape index (κ3) is 3.67. The Bertz CT molecular complexity index is 434. The van der Waals surface area contributed by atoms with Crippen molar-refractivity contribution in [2.24, 2.45) is 0 Å². The molecule has 0 spiro atoms. The summed E-state index contributed by atoms with van der Waals surface area (Å²) in [5, 5.41) is 0. The molecule has 0 unspecified atom stereocenters. The first-order valence-electron chi connectivity index (χ1n) is 4.92. The zero-order chi connectivity index (χ0) is 11.4. The van der Waals surface area contributed by atoms with Crippen LogP contribution in [0.3, 0.4) is 0 Å². The molecule has 0 atom stereocenters. The van der Waals surface area contributed by atoms with Gasteiger partial charge >= 0.3 is 0 Å². The normalized spacial score (nSPS) is 9.24. The monoisotopic (exact) mass is 343 g/mol. The number of benzene rings is 2. The summed E-state index contributed by atoms with van der Waals surface area (Å²) in [4.78, 5) is 1.93. The molecule has 2 aromatic rings. The van der Waals surface area contributed by atoms with Crippen LogP contribution in [0, 0.1) is 0 Å². The van der Waals surface area contributed by atoms with Gasteiger partial charge in [0.2, 0.25) is 0 Å². The van der Waals surface area contributed by atoms with Crippen LogP contribution in [0.1, 0.15) is 0 Å². The van der Waals surface area contributed by atoms with Crippen molar-refractivity contribution in [1.29, 1.82) is 0 Å². The summed E-state index contributed by atoms with van der Waals surface area (Å²) >= 11 is 9.44. The maximum atomic E-state index is 5.17. The van der Waals surface area contributed by atoms with Gasteiger partial charge in [-0.15, -0.1) is 12.6 Å². The Labute approximate surface area is 127 Å². The average molecular weight is 341 g/mol. The predicted octanol–water partition coefficient (Wildman–Crippen LogP) is 4.04. The molecule has 0 radical (unpaired) electrons. The van der Waals surface area contributed by atoms with Crippen LogP contribution in [0.5, 0.6) is 0 Å². The van der Waals surface area contributed by atoms with E-state index >= 15 is 0 Å². The maximum absolute atomic E-state index is 5.17. The van der Waals surface area contributed by atoms with E-state index in [2.05, 4.69) is 12.6 Å². The Kier molecular flexibility index (Phi) is 5.90. The van der Waals surface area contributed by atoms with Crippen molar-refractivity contribution in [1.82, 2.24) is 0 Å². The molecule has 17 heavy (non-hydrogen) atoms. The van der Waals surface area contributed by atoms with E-state index in [4.69, 9.17) is 12.2 Å². The van der Waals surface area contributed by atoms with Crippen molar-refractivity contribution in [3.63, 3.8) is 0 Å². The Hall–Kier alpha value is -0.632. The Morgan fingerprint density at radius 2 is 1.18 bits per heavy atom. The topological polar surface area (TPSA) is 3.24 Å². The van der Waals surface area contributed by atoms with Gasteiger partial charge < -0.3 is 0 Å². The van der Waals surface area contributed by atoms with Gasteiger partial charge in [-0.05, 0) is 24.3 Å². The number of para-hydroxylation sites is 2. The first-order valence-corrected chi connectivity index (χ1v) is 5.78. The number of anilines is 2. The van der Waals surface area contributed by atoms with Crippen molar-refractivity contribution in [3.8, 4) is 0 Å². The molecule has 0 aliphatic rings. The Morgan fingerprint density at radius 1 is 0.824 bits per heavy atom. The van der Waals surface area contributed by atoms with Crippen LogP contribution in [-0.4, -0.2) is 4.32 Å². The molecule has 4 heteroatoms. The van der Waals surface area contributed by atoms with Crippen LogP contribution in [0.2, 0.25) is 0 Å². The van der Waals surface area contributed by atoms with Gasteiger partial charge in [-0.2, -0.15) is 0 Å². The fraction of sp³-hybridized carbons (Fsp3) is 0. The first-order chi connectivity index (χ1) is 7.79. The molecule has 0 aromatic heterocycles. The molecule has 0 fully saturated rings. The van der Waals surface area contributed by atoms with E-state index in [1.807, 2.05) is 65.6 Å². The fourth-order valence-electron chi connectivity index (χ4n) is 1.52. The van der Waals surface area contributed by atoms with Gasteiger partial charge in [-0.25, -0.2) is 0 Å². The van der Waals surface area contributed by atoms with E-state index in [0.717, 1.165) is 11.4 Å². The molecule has 0 aliphatic carbocycles. The second-order valence-corrected chi connectivity index (χ2v) is 4.40. The summed E-state index contributed by atoms with van der Waals surface area (Å²) in [6.07, 6.45) is 0. The van der Waals surface area contributed by atoms with Crippen LogP contribution in [0.4, 0.5) is 11.4 Å². The Balaban J connectivity index is 0.00000144. The molecule has 0 saturated carbocycles. The molecule has 0 N–H and O–H groups in total. The summed E-state index contributed by atoms with van der Waals surface area (Å²) in [5.41, 5.74) is 2.04. The van der Waals surface area contributed by atoms with Gasteiger partial charge in [0.15, 0.2) is 0 Å². The number of thiocarbonyl (C=S) groups is 1. The predicted molar refractivity (Wildman–Crippen MR) is 76.6 cm³/mol. The molecule has 1 nitrogen and oxygen atoms in total. The van der Waals surface area contributed by atoms with Crippen molar-refractivity contribution in [2.45, 2.75) is 0 Å². The minimum atomic E-state index is 0. The standard InChI is InChI=1S/C13H11NS2.Mo/c15-13(16)14(11-7-3-1-4-8-11)12-9-5-2-6-10-12;/h1-10H,(H,15,16);. The third-order valence-corrected chi connectivity index (χ3v) is 2.60. The molecule has 0 heterocycles. The molecule has 0 amide bonds. The summed E-state index contributed by atoms with van der Waals surface area (Å²) in [6.45, 7) is 0. The molecule has 2 rings (SSSR count). The van der Waals surface area contributed by atoms with E-state index < -0.39 is 0 Å². The van der Waals surface area contributed by atoms with Crippen LogP contribution >= 0.6 is 24.8 Å². The van der Waals surface area contributed by atoms with Crippen LogP contribution in [-0.2, 0) is 21.1 Å². The quantitative estimate of drug-likeness (QED) is 0.499. The number of thiol groups is 1. The van der Waals surface area contributed by atoms with E-state index in [0.29, 0.717) is 4.32 Å². The van der Waals surface area contributed by atoms with Gasteiger partial charge in [0.25, 0.3) is 0 Å². The number of hydrogen-bond donors (Lipinski definition) is 1. The number of hydrogen-bond acceptors (Lipinski definition) is 1. The fourth-order valence-corrected chi connectivity index (χ4v) is 1.97. The molecule has 0 aliphatic heterocycles. The van der Waals surface area contributed by atoms with E-state index in [9.17, 15) is 0 Å². The summed E-state index contributed by atoms with van der Waals surface area (Å²) < 4.78 is 0.539. The third-order valence-electron chi connectivity index (χ3n) is 2.22. The maximum Gasteiger partial charge on any atom is 0.142 e. The molecular formula is C13H11MoNS2. The minimum Gasteiger partial charge on any atom is -0.296 e. The Morgan fingerprint density at radius 3 is 1.47 bits per heavy atom. The van der Waals surface area contributed by atoms with Gasteiger partial charge in [-0.3, -0.25) is 4.90 Å². The molecule has 2 aromatic carbocycles. The van der Waals surface area contributed by atoms with Gasteiger partial charge in [-0.1, -0.05) is 48.6 Å². The zero-order valence-corrected chi connectivity index (χ0v) is 12.7. The number of nitrogens with zero attached hydrogens (tertiary/aromatic N) is 1. The SMILES string of the molecule is S=C(S)N(c1ccccc1)c1ccccc1.[Mo]. The van der Waals surface area contributed by atoms with E-state index in [-0.39, 0.29) is 21.1 Å². The van der Waals surface area contributed by atoms with Crippen molar-refractivity contribution in [2.75, 3.05) is 4.90 Å². The zero-order valence-electron chi connectivity index (χ0n) is 8.98. The van der Waals surface area contributed by atoms with Crippen molar-refractivity contribution >= 4 is 40.5 Å². The smallest absolute Gasteiger partial charge is 0.142 e. The van der Waals surface area contributed by atoms with E-state index in [1.54, 1.807) is 0 Å². The first kappa shape index (κ1) is 14.4. The van der Waals surface area contributed by atoms with Gasteiger partial charge in [0, 0.05) is 32.4 Å². The largest absolute Gasteiger partial charge is 0.296 e. The second kappa shape index (κ2) is 6.95. The van der Waals surface area contributed by atoms with Gasteiger partial charge in [0.05, 0.1) is 0 Å². The summed E-state index contributed by atoms with van der Waals surface area (Å²) in [6, 6.07) is 19.9. The number of rotatable bonds is 2. The second-order valence-electron chi connectivity index (χ2n) is 3.29. The van der Waals surface area contributed by atoms with Crippen LogP contribution in [0.25, 0.3) is 0 Å². The summed E-state index contributed by atoms with van der Waals surface area (Å²) in [5.74, 6) is 0. The molecule has 0 saturated heterocycles. The molecular weight excluding hydrogens is 330 g/mol. The van der Waals surface area contributed by atoms with Crippen molar-refractivity contribution < 1.29 is 21.1 Å². The summed E-state index contributed by atoms with van der Waals surface area (Å²) in [7, 11) is 0. The van der Waals surface area contributed by atoms with Gasteiger partial charge in [0.1, 0.15) is 4.32 Å². The molecule has 86 valence electrons.